The number of hydrogen-bond donors (Lipinski definition) is 1. The van der Waals surface area contributed by atoms with E-state index in [0.717, 1.165) is 44.3 Å². The third-order valence-corrected chi connectivity index (χ3v) is 3.42. The number of nitrogens with zero attached hydrogens (tertiary/aromatic N) is 3. The molecule has 1 fully saturated rings. The molecular weight excluding hydrogens is 216 g/mol. The predicted molar refractivity (Wildman–Crippen MR) is 68.2 cm³/mol. The summed E-state index contributed by atoms with van der Waals surface area (Å²) in [5.41, 5.74) is 0.967. The molecule has 2 heterocycles. The van der Waals surface area contributed by atoms with Gasteiger partial charge in [-0.1, -0.05) is 6.92 Å². The van der Waals surface area contributed by atoms with Crippen molar-refractivity contribution in [2.24, 2.45) is 0 Å². The van der Waals surface area contributed by atoms with E-state index in [9.17, 15) is 0 Å². The van der Waals surface area contributed by atoms with Gasteiger partial charge in [0.1, 0.15) is 6.26 Å². The predicted octanol–water partition coefficient (Wildman–Crippen LogP) is 0.924. The molecule has 0 aliphatic carbocycles. The molecule has 1 aliphatic heterocycles. The van der Waals surface area contributed by atoms with Crippen molar-refractivity contribution in [3.63, 3.8) is 0 Å². The Balaban J connectivity index is 2.01. The third-order valence-electron chi connectivity index (χ3n) is 3.42. The zero-order chi connectivity index (χ0) is 12.3. The second-order valence-electron chi connectivity index (χ2n) is 4.64. The Hall–Kier alpha value is -1.07. The number of aromatic nitrogens is 1. The first-order chi connectivity index (χ1) is 8.24. The highest BCUT2D eigenvalue weighted by Gasteiger charge is 2.25. The summed E-state index contributed by atoms with van der Waals surface area (Å²) in [7, 11) is 4.10. The Kier molecular flexibility index (Phi) is 4.02. The molecule has 1 aromatic heterocycles. The molecule has 1 saturated heterocycles. The fraction of sp³-hybridized carbons (Fsp3) is 0.750. The maximum Gasteiger partial charge on any atom is 0.297 e. The normalized spacial score (nSPS) is 22.1. The number of oxazole rings is 1. The minimum absolute atomic E-state index is 0.600. The summed E-state index contributed by atoms with van der Waals surface area (Å²) < 4.78 is 5.54. The number of hydrogen-bond acceptors (Lipinski definition) is 5. The van der Waals surface area contributed by atoms with E-state index in [1.54, 1.807) is 6.26 Å². The van der Waals surface area contributed by atoms with Gasteiger partial charge in [-0.15, -0.1) is 0 Å². The maximum atomic E-state index is 5.54. The average Bonchev–Trinajstić information content (AvgIpc) is 2.79. The molecule has 5 nitrogen and oxygen atoms in total. The summed E-state index contributed by atoms with van der Waals surface area (Å²) in [4.78, 5) is 9.15. The van der Waals surface area contributed by atoms with Crippen LogP contribution in [0.4, 0.5) is 6.01 Å². The second kappa shape index (κ2) is 5.51. The Labute approximate surface area is 103 Å². The van der Waals surface area contributed by atoms with Crippen LogP contribution in [0.15, 0.2) is 10.7 Å². The summed E-state index contributed by atoms with van der Waals surface area (Å²) >= 11 is 0. The van der Waals surface area contributed by atoms with Crippen molar-refractivity contribution in [2.75, 3.05) is 38.6 Å². The van der Waals surface area contributed by atoms with Crippen LogP contribution in [-0.4, -0.2) is 49.7 Å². The number of nitrogens with one attached hydrogen (secondary N) is 1. The Morgan fingerprint density at radius 2 is 2.35 bits per heavy atom. The topological polar surface area (TPSA) is 44.5 Å². The highest BCUT2D eigenvalue weighted by Crippen LogP contribution is 2.19. The van der Waals surface area contributed by atoms with Gasteiger partial charge in [0.25, 0.3) is 6.01 Å². The highest BCUT2D eigenvalue weighted by molar-refractivity contribution is 5.28. The summed E-state index contributed by atoms with van der Waals surface area (Å²) in [5.74, 6) is 0. The van der Waals surface area contributed by atoms with Crippen LogP contribution >= 0.6 is 0 Å². The van der Waals surface area contributed by atoms with Crippen LogP contribution in [0, 0.1) is 0 Å². The number of likely N-dealkylation sites (N-methyl/N-ethyl adjacent to an activating group) is 1. The van der Waals surface area contributed by atoms with E-state index in [1.807, 2.05) is 7.05 Å². The summed E-state index contributed by atoms with van der Waals surface area (Å²) in [6.45, 7) is 6.06. The monoisotopic (exact) mass is 238 g/mol. The molecule has 96 valence electrons. The van der Waals surface area contributed by atoms with Gasteiger partial charge in [-0.3, -0.25) is 4.90 Å². The van der Waals surface area contributed by atoms with E-state index < -0.39 is 0 Å². The molecule has 0 radical (unpaired) electrons. The first-order valence-electron chi connectivity index (χ1n) is 6.28. The van der Waals surface area contributed by atoms with E-state index in [1.165, 1.54) is 0 Å². The number of piperazine rings is 1. The molecule has 0 amide bonds. The van der Waals surface area contributed by atoms with Gasteiger partial charge < -0.3 is 14.6 Å². The first kappa shape index (κ1) is 12.4. The van der Waals surface area contributed by atoms with Crippen LogP contribution in [0.3, 0.4) is 0 Å². The van der Waals surface area contributed by atoms with E-state index in [0.29, 0.717) is 6.04 Å². The smallest absolute Gasteiger partial charge is 0.297 e. The van der Waals surface area contributed by atoms with Crippen molar-refractivity contribution < 1.29 is 4.42 Å². The molecule has 0 aromatic carbocycles. The number of anilines is 1. The molecule has 2 rings (SSSR count). The molecule has 1 aliphatic rings. The summed E-state index contributed by atoms with van der Waals surface area (Å²) in [6.07, 6.45) is 2.90. The fourth-order valence-corrected chi connectivity index (χ4v) is 2.26. The van der Waals surface area contributed by atoms with Crippen LogP contribution in [-0.2, 0) is 6.54 Å². The van der Waals surface area contributed by atoms with Gasteiger partial charge in [0.05, 0.1) is 5.69 Å². The maximum absolute atomic E-state index is 5.54. The van der Waals surface area contributed by atoms with Gasteiger partial charge in [-0.25, -0.2) is 0 Å². The van der Waals surface area contributed by atoms with Crippen LogP contribution in [0.2, 0.25) is 0 Å². The lowest BCUT2D eigenvalue weighted by molar-refractivity contribution is 0.209. The van der Waals surface area contributed by atoms with Gasteiger partial charge in [0.15, 0.2) is 0 Å². The second-order valence-corrected chi connectivity index (χ2v) is 4.64. The van der Waals surface area contributed by atoms with Gasteiger partial charge in [0, 0.05) is 32.2 Å². The highest BCUT2D eigenvalue weighted by atomic mass is 16.4. The van der Waals surface area contributed by atoms with Crippen LogP contribution in [0.1, 0.15) is 19.0 Å². The SMILES string of the molecule is CCC1CN(c2nc(CNC)co2)CCN1C. The summed E-state index contributed by atoms with van der Waals surface area (Å²) in [5, 5.41) is 3.08. The molecule has 1 unspecified atom stereocenters. The first-order valence-corrected chi connectivity index (χ1v) is 6.28. The quantitative estimate of drug-likeness (QED) is 0.845. The molecule has 1 aromatic rings. The molecule has 1 N–H and O–H groups in total. The zero-order valence-corrected chi connectivity index (χ0v) is 10.9. The largest absolute Gasteiger partial charge is 0.432 e. The average molecular weight is 238 g/mol. The van der Waals surface area contributed by atoms with E-state index in [-0.39, 0.29) is 0 Å². The molecular formula is C12H22N4O. The van der Waals surface area contributed by atoms with Crippen molar-refractivity contribution in [3.8, 4) is 0 Å². The van der Waals surface area contributed by atoms with Crippen LogP contribution in [0.5, 0.6) is 0 Å². The van der Waals surface area contributed by atoms with Crippen molar-refractivity contribution in [1.82, 2.24) is 15.2 Å². The van der Waals surface area contributed by atoms with Crippen molar-refractivity contribution in [2.45, 2.75) is 25.9 Å². The van der Waals surface area contributed by atoms with Crippen molar-refractivity contribution in [3.05, 3.63) is 12.0 Å². The fourth-order valence-electron chi connectivity index (χ4n) is 2.26. The Morgan fingerprint density at radius 1 is 1.53 bits per heavy atom. The molecule has 0 saturated carbocycles. The Morgan fingerprint density at radius 3 is 3.06 bits per heavy atom. The summed E-state index contributed by atoms with van der Waals surface area (Å²) in [6, 6.07) is 1.37. The molecule has 1 atom stereocenters. The minimum atomic E-state index is 0.600. The van der Waals surface area contributed by atoms with Crippen LogP contribution in [0.25, 0.3) is 0 Å². The van der Waals surface area contributed by atoms with Crippen molar-refractivity contribution in [1.29, 1.82) is 0 Å². The van der Waals surface area contributed by atoms with Gasteiger partial charge >= 0.3 is 0 Å². The Bertz CT molecular complexity index is 352. The van der Waals surface area contributed by atoms with Crippen molar-refractivity contribution >= 4 is 6.01 Å². The number of rotatable bonds is 4. The molecule has 5 heteroatoms. The van der Waals surface area contributed by atoms with E-state index >= 15 is 0 Å². The van der Waals surface area contributed by atoms with Gasteiger partial charge in [-0.2, -0.15) is 4.98 Å². The molecule has 17 heavy (non-hydrogen) atoms. The van der Waals surface area contributed by atoms with Crippen LogP contribution < -0.4 is 10.2 Å². The van der Waals surface area contributed by atoms with Gasteiger partial charge in [-0.05, 0) is 20.5 Å². The third kappa shape index (κ3) is 2.79. The lowest BCUT2D eigenvalue weighted by Gasteiger charge is -2.38. The molecule has 0 spiro atoms. The standard InChI is InChI=1S/C12H22N4O/c1-4-11-8-16(6-5-15(11)3)12-14-10(7-13-2)9-17-12/h9,11,13H,4-8H2,1-3H3. The van der Waals surface area contributed by atoms with E-state index in [4.69, 9.17) is 4.42 Å². The van der Waals surface area contributed by atoms with Gasteiger partial charge in [0.2, 0.25) is 0 Å². The zero-order valence-electron chi connectivity index (χ0n) is 10.9. The minimum Gasteiger partial charge on any atom is -0.432 e. The lowest BCUT2D eigenvalue weighted by atomic mass is 10.1. The lowest BCUT2D eigenvalue weighted by Crippen LogP contribution is -2.51. The molecule has 0 bridgehead atoms. The van der Waals surface area contributed by atoms with E-state index in [2.05, 4.69) is 34.1 Å².